The summed E-state index contributed by atoms with van der Waals surface area (Å²) in [6, 6.07) is -1.65. The first kappa shape index (κ1) is 16.2. The van der Waals surface area contributed by atoms with E-state index in [1.807, 2.05) is 0 Å². The Balaban J connectivity index is 2.49. The van der Waals surface area contributed by atoms with Crippen LogP contribution in [0.1, 0.15) is 25.7 Å². The number of esters is 1. The van der Waals surface area contributed by atoms with Crippen LogP contribution in [0.4, 0.5) is 4.79 Å². The zero-order chi connectivity index (χ0) is 15.1. The molecule has 2 atom stereocenters. The second-order valence-electron chi connectivity index (χ2n) is 4.80. The minimum Gasteiger partial charge on any atom is -0.480 e. The lowest BCUT2D eigenvalue weighted by Crippen LogP contribution is -2.53. The molecule has 1 saturated heterocycles. The molecular formula is C12H21N3O5. The first-order valence-electron chi connectivity index (χ1n) is 6.54. The predicted octanol–water partition coefficient (Wildman–Crippen LogP) is -0.474. The Morgan fingerprint density at radius 1 is 1.50 bits per heavy atom. The first-order chi connectivity index (χ1) is 9.43. The molecule has 8 nitrogen and oxygen atoms in total. The van der Waals surface area contributed by atoms with Crippen molar-refractivity contribution in [2.45, 2.75) is 37.8 Å². The van der Waals surface area contributed by atoms with Crippen LogP contribution in [-0.2, 0) is 14.3 Å². The van der Waals surface area contributed by atoms with Crippen molar-refractivity contribution < 1.29 is 24.2 Å². The first-order valence-corrected chi connectivity index (χ1v) is 6.54. The lowest BCUT2D eigenvalue weighted by atomic mass is 10.1. The molecule has 1 unspecified atom stereocenters. The largest absolute Gasteiger partial charge is 0.480 e. The average molecular weight is 287 g/mol. The van der Waals surface area contributed by atoms with Crippen LogP contribution in [-0.4, -0.2) is 60.3 Å². The van der Waals surface area contributed by atoms with Crippen LogP contribution >= 0.6 is 0 Å². The number of carbonyl (C=O) groups excluding carboxylic acids is 2. The van der Waals surface area contributed by atoms with Gasteiger partial charge in [-0.15, -0.1) is 0 Å². The summed E-state index contributed by atoms with van der Waals surface area (Å²) < 4.78 is 4.44. The van der Waals surface area contributed by atoms with E-state index in [0.717, 1.165) is 12.8 Å². The molecule has 1 fully saturated rings. The van der Waals surface area contributed by atoms with E-state index in [9.17, 15) is 14.4 Å². The molecule has 0 aromatic heterocycles. The number of hydrogen-bond acceptors (Lipinski definition) is 5. The second kappa shape index (κ2) is 7.68. The van der Waals surface area contributed by atoms with Crippen LogP contribution < -0.4 is 11.1 Å². The van der Waals surface area contributed by atoms with Crippen molar-refractivity contribution in [1.82, 2.24) is 10.2 Å². The van der Waals surface area contributed by atoms with Gasteiger partial charge in [-0.2, -0.15) is 0 Å². The number of aliphatic carboxylic acids is 1. The molecule has 1 aliphatic rings. The van der Waals surface area contributed by atoms with Crippen LogP contribution in [0.3, 0.4) is 0 Å². The summed E-state index contributed by atoms with van der Waals surface area (Å²) in [4.78, 5) is 35.5. The van der Waals surface area contributed by atoms with E-state index in [4.69, 9.17) is 10.8 Å². The van der Waals surface area contributed by atoms with Gasteiger partial charge in [0.25, 0.3) is 0 Å². The fourth-order valence-corrected chi connectivity index (χ4v) is 2.06. The zero-order valence-corrected chi connectivity index (χ0v) is 11.5. The molecule has 0 aromatic carbocycles. The predicted molar refractivity (Wildman–Crippen MR) is 70.0 cm³/mol. The Morgan fingerprint density at radius 3 is 2.75 bits per heavy atom. The number of methoxy groups -OCH3 is 1. The van der Waals surface area contributed by atoms with Gasteiger partial charge in [-0.25, -0.2) is 9.59 Å². The maximum atomic E-state index is 12.0. The van der Waals surface area contributed by atoms with Crippen LogP contribution in [0.25, 0.3) is 0 Å². The Morgan fingerprint density at radius 2 is 2.20 bits per heavy atom. The number of amides is 2. The summed E-state index contributed by atoms with van der Waals surface area (Å²) in [6.07, 6.45) is 1.59. The molecule has 0 spiro atoms. The van der Waals surface area contributed by atoms with E-state index in [0.29, 0.717) is 13.1 Å². The van der Waals surface area contributed by atoms with Gasteiger partial charge in [-0.3, -0.25) is 4.79 Å². The van der Waals surface area contributed by atoms with Gasteiger partial charge in [0.2, 0.25) is 0 Å². The quantitative estimate of drug-likeness (QED) is 0.587. The zero-order valence-electron chi connectivity index (χ0n) is 11.5. The molecule has 0 aliphatic carbocycles. The van der Waals surface area contributed by atoms with E-state index in [-0.39, 0.29) is 18.9 Å². The molecule has 4 N–H and O–H groups in total. The highest BCUT2D eigenvalue weighted by atomic mass is 16.5. The van der Waals surface area contributed by atoms with Crippen molar-refractivity contribution in [2.24, 2.45) is 5.73 Å². The van der Waals surface area contributed by atoms with Crippen LogP contribution in [0.15, 0.2) is 0 Å². The van der Waals surface area contributed by atoms with Crippen LogP contribution in [0.2, 0.25) is 0 Å². The monoisotopic (exact) mass is 287 g/mol. The summed E-state index contributed by atoms with van der Waals surface area (Å²) in [6.45, 7) is 0.970. The Labute approximate surface area is 117 Å². The van der Waals surface area contributed by atoms with Crippen LogP contribution in [0, 0.1) is 0 Å². The smallest absolute Gasteiger partial charge is 0.326 e. The third-order valence-electron chi connectivity index (χ3n) is 3.21. The molecule has 20 heavy (non-hydrogen) atoms. The molecule has 0 aromatic rings. The fraction of sp³-hybridized carbons (Fsp3) is 0.750. The maximum Gasteiger partial charge on any atom is 0.326 e. The third kappa shape index (κ3) is 5.04. The number of nitrogens with one attached hydrogen (secondary N) is 1. The number of rotatable bonds is 5. The molecular weight excluding hydrogens is 266 g/mol. The SMILES string of the molecule is COC(=O)CC[C@H](NC(=O)N1CCCC(N)C1)C(=O)O. The molecule has 1 aliphatic heterocycles. The second-order valence-corrected chi connectivity index (χ2v) is 4.80. The number of carboxylic acids is 1. The van der Waals surface area contributed by atoms with Crippen molar-refractivity contribution in [1.29, 1.82) is 0 Å². The van der Waals surface area contributed by atoms with E-state index in [1.165, 1.54) is 12.0 Å². The molecule has 0 bridgehead atoms. The normalized spacial score (nSPS) is 20.1. The number of piperidine rings is 1. The number of nitrogens with two attached hydrogens (primary N) is 1. The molecule has 1 heterocycles. The van der Waals surface area contributed by atoms with E-state index in [1.54, 1.807) is 0 Å². The number of nitrogens with zero attached hydrogens (tertiary/aromatic N) is 1. The number of ether oxygens (including phenoxy) is 1. The van der Waals surface area contributed by atoms with Gasteiger partial charge >= 0.3 is 18.0 Å². The highest BCUT2D eigenvalue weighted by molar-refractivity contribution is 5.83. The minimum atomic E-state index is -1.18. The van der Waals surface area contributed by atoms with Gasteiger partial charge < -0.3 is 25.8 Å². The Kier molecular flexibility index (Phi) is 6.23. The van der Waals surface area contributed by atoms with Crippen molar-refractivity contribution in [2.75, 3.05) is 20.2 Å². The van der Waals surface area contributed by atoms with Crippen LogP contribution in [0.5, 0.6) is 0 Å². The number of hydrogen-bond donors (Lipinski definition) is 3. The summed E-state index contributed by atoms with van der Waals surface area (Å²) in [5.41, 5.74) is 5.77. The Bertz CT molecular complexity index is 374. The molecule has 0 radical (unpaired) electrons. The molecule has 8 heteroatoms. The van der Waals surface area contributed by atoms with Crippen molar-refractivity contribution in [3.05, 3.63) is 0 Å². The minimum absolute atomic E-state index is 0.00631. The molecule has 0 saturated carbocycles. The number of likely N-dealkylation sites (tertiary alicyclic amines) is 1. The molecule has 1 rings (SSSR count). The van der Waals surface area contributed by atoms with Gasteiger partial charge in [0.05, 0.1) is 7.11 Å². The fourth-order valence-electron chi connectivity index (χ4n) is 2.06. The van der Waals surface area contributed by atoms with Gasteiger partial charge in [-0.05, 0) is 19.3 Å². The lowest BCUT2D eigenvalue weighted by molar-refractivity contribution is -0.142. The highest BCUT2D eigenvalue weighted by Gasteiger charge is 2.26. The van der Waals surface area contributed by atoms with Gasteiger partial charge in [0, 0.05) is 25.6 Å². The van der Waals surface area contributed by atoms with Gasteiger partial charge in [-0.1, -0.05) is 0 Å². The van der Waals surface area contributed by atoms with E-state index < -0.39 is 24.0 Å². The summed E-state index contributed by atoms with van der Waals surface area (Å²) in [5.74, 6) is -1.69. The summed E-state index contributed by atoms with van der Waals surface area (Å²) in [5, 5.41) is 11.5. The molecule has 114 valence electrons. The highest BCUT2D eigenvalue weighted by Crippen LogP contribution is 2.09. The third-order valence-corrected chi connectivity index (χ3v) is 3.21. The number of carboxylic acid groups (broad SMARTS) is 1. The summed E-state index contributed by atoms with van der Waals surface area (Å²) >= 11 is 0. The van der Waals surface area contributed by atoms with Crippen molar-refractivity contribution in [3.63, 3.8) is 0 Å². The van der Waals surface area contributed by atoms with E-state index >= 15 is 0 Å². The maximum absolute atomic E-state index is 12.0. The molecule has 2 amide bonds. The summed E-state index contributed by atoms with van der Waals surface area (Å²) in [7, 11) is 1.23. The lowest BCUT2D eigenvalue weighted by Gasteiger charge is -2.31. The number of urea groups is 1. The Hall–Kier alpha value is -1.83. The average Bonchev–Trinajstić information content (AvgIpc) is 2.42. The van der Waals surface area contributed by atoms with Gasteiger partial charge in [0.15, 0.2) is 0 Å². The van der Waals surface area contributed by atoms with Crippen molar-refractivity contribution in [3.8, 4) is 0 Å². The van der Waals surface area contributed by atoms with Crippen molar-refractivity contribution >= 4 is 18.0 Å². The standard InChI is InChI=1S/C12H21N3O5/c1-20-10(16)5-4-9(11(17)18)14-12(19)15-6-2-3-8(13)7-15/h8-9H,2-7,13H2,1H3,(H,14,19)(H,17,18)/t8?,9-/m0/s1. The topological polar surface area (TPSA) is 122 Å². The van der Waals surface area contributed by atoms with E-state index in [2.05, 4.69) is 10.1 Å². The van der Waals surface area contributed by atoms with Gasteiger partial charge in [0.1, 0.15) is 6.04 Å². The number of carbonyl (C=O) groups is 3.